The van der Waals surface area contributed by atoms with Crippen molar-refractivity contribution in [1.82, 2.24) is 19.8 Å². The van der Waals surface area contributed by atoms with Crippen LogP contribution in [0.15, 0.2) is 17.2 Å². The number of carbonyl (C=O) groups is 1. The summed E-state index contributed by atoms with van der Waals surface area (Å²) in [7, 11) is 2.06. The van der Waals surface area contributed by atoms with Gasteiger partial charge in [-0.2, -0.15) is 0 Å². The lowest BCUT2D eigenvalue weighted by Crippen LogP contribution is -2.44. The van der Waals surface area contributed by atoms with Crippen molar-refractivity contribution in [3.8, 4) is 0 Å². The number of nitrogens with zero attached hydrogens (tertiary/aromatic N) is 3. The lowest BCUT2D eigenvalue weighted by molar-refractivity contribution is -0.133. The summed E-state index contributed by atoms with van der Waals surface area (Å²) in [5, 5.41) is 0. The highest BCUT2D eigenvalue weighted by Gasteiger charge is 2.26. The molecular formula is C18H28N4O3. The minimum atomic E-state index is -0.148. The normalized spacial score (nSPS) is 22.3. The maximum Gasteiger partial charge on any atom is 0.250 e. The number of carbonyl (C=O) groups excluding carboxylic acids is 1. The fraction of sp³-hybridized carbons (Fsp3) is 0.722. The number of aromatic nitrogens is 2. The second kappa shape index (κ2) is 8.58. The van der Waals surface area contributed by atoms with Gasteiger partial charge < -0.3 is 14.6 Å². The molecule has 2 heterocycles. The van der Waals surface area contributed by atoms with Crippen LogP contribution >= 0.6 is 0 Å². The van der Waals surface area contributed by atoms with Crippen molar-refractivity contribution >= 4 is 5.91 Å². The molecule has 0 bridgehead atoms. The van der Waals surface area contributed by atoms with Gasteiger partial charge in [-0.3, -0.25) is 14.5 Å². The van der Waals surface area contributed by atoms with E-state index in [2.05, 4.69) is 21.9 Å². The number of rotatable bonds is 5. The van der Waals surface area contributed by atoms with E-state index in [9.17, 15) is 9.59 Å². The molecule has 138 valence electrons. The Kier molecular flexibility index (Phi) is 6.20. The maximum absolute atomic E-state index is 12.7. The van der Waals surface area contributed by atoms with Gasteiger partial charge in [0.15, 0.2) is 0 Å². The summed E-state index contributed by atoms with van der Waals surface area (Å²) >= 11 is 0. The van der Waals surface area contributed by atoms with E-state index in [-0.39, 0.29) is 17.4 Å². The molecule has 3 rings (SSSR count). The lowest BCUT2D eigenvalue weighted by Gasteiger charge is -2.28. The van der Waals surface area contributed by atoms with E-state index in [0.29, 0.717) is 45.3 Å². The quantitative estimate of drug-likeness (QED) is 0.846. The van der Waals surface area contributed by atoms with Crippen molar-refractivity contribution in [2.75, 3.05) is 39.9 Å². The first-order chi connectivity index (χ1) is 12.1. The van der Waals surface area contributed by atoms with Crippen LogP contribution in [0.2, 0.25) is 0 Å². The van der Waals surface area contributed by atoms with E-state index in [1.807, 2.05) is 4.90 Å². The summed E-state index contributed by atoms with van der Waals surface area (Å²) in [6, 6.07) is 2.06. The van der Waals surface area contributed by atoms with Crippen molar-refractivity contribution in [2.24, 2.45) is 5.92 Å². The van der Waals surface area contributed by atoms with Crippen LogP contribution in [-0.2, 0) is 16.0 Å². The van der Waals surface area contributed by atoms with E-state index in [1.54, 1.807) is 0 Å². The fourth-order valence-electron chi connectivity index (χ4n) is 3.83. The first-order valence-electron chi connectivity index (χ1n) is 9.21. The Hall–Kier alpha value is -1.73. The molecule has 0 unspecified atom stereocenters. The number of amides is 1. The first kappa shape index (κ1) is 18.1. The fourth-order valence-corrected chi connectivity index (χ4v) is 3.83. The second-order valence-corrected chi connectivity index (χ2v) is 7.24. The molecule has 0 spiro atoms. The number of hydrogen-bond acceptors (Lipinski definition) is 5. The Balaban J connectivity index is 1.57. The standard InChI is InChI=1S/C18H28N4O3/c1-21(16-4-2-3-5-16)11-18(24)22-6-7-25-12-14(10-22)8-15-9-17(23)20-13-19-15/h9,13-14,16H,2-8,10-12H2,1H3,(H,19,20,23)/t14-/m1/s1. The third-order valence-electron chi connectivity index (χ3n) is 5.26. The highest BCUT2D eigenvalue weighted by Crippen LogP contribution is 2.22. The van der Waals surface area contributed by atoms with Crippen molar-refractivity contribution in [1.29, 1.82) is 0 Å². The number of ether oxygens (including phenoxy) is 1. The topological polar surface area (TPSA) is 78.5 Å². The van der Waals surface area contributed by atoms with Gasteiger partial charge in [-0.05, 0) is 26.3 Å². The number of likely N-dealkylation sites (N-methyl/N-ethyl adjacent to an activating group) is 1. The van der Waals surface area contributed by atoms with Crippen LogP contribution in [0, 0.1) is 5.92 Å². The van der Waals surface area contributed by atoms with Gasteiger partial charge in [-0.1, -0.05) is 12.8 Å². The van der Waals surface area contributed by atoms with E-state index in [0.717, 1.165) is 5.69 Å². The van der Waals surface area contributed by atoms with Gasteiger partial charge in [0.25, 0.3) is 5.56 Å². The molecule has 1 aliphatic carbocycles. The molecular weight excluding hydrogens is 320 g/mol. The smallest absolute Gasteiger partial charge is 0.250 e. The molecule has 7 nitrogen and oxygen atoms in total. The Morgan fingerprint density at radius 3 is 3.00 bits per heavy atom. The number of nitrogens with one attached hydrogen (secondary N) is 1. The SMILES string of the molecule is CN(CC(=O)N1CCOC[C@H](Cc2cc(=O)[nH]cn2)C1)C1CCCC1. The van der Waals surface area contributed by atoms with Crippen LogP contribution in [-0.4, -0.2) is 71.6 Å². The zero-order valence-corrected chi connectivity index (χ0v) is 14.9. The summed E-state index contributed by atoms with van der Waals surface area (Å²) in [5.41, 5.74) is 0.598. The molecule has 1 aromatic heterocycles. The molecule has 1 N–H and O–H groups in total. The van der Waals surface area contributed by atoms with Crippen molar-refractivity contribution in [2.45, 2.75) is 38.1 Å². The summed E-state index contributed by atoms with van der Waals surface area (Å²) in [5.74, 6) is 0.335. The average molecular weight is 348 g/mol. The predicted octanol–water partition coefficient (Wildman–Crippen LogP) is 0.662. The van der Waals surface area contributed by atoms with Crippen LogP contribution in [0.3, 0.4) is 0 Å². The summed E-state index contributed by atoms with van der Waals surface area (Å²) < 4.78 is 5.67. The van der Waals surface area contributed by atoms with Crippen molar-refractivity contribution < 1.29 is 9.53 Å². The summed E-state index contributed by atoms with van der Waals surface area (Å²) in [6.07, 6.45) is 7.01. The van der Waals surface area contributed by atoms with Gasteiger partial charge in [0.05, 0.1) is 26.1 Å². The van der Waals surface area contributed by atoms with Crippen LogP contribution < -0.4 is 5.56 Å². The molecule has 1 saturated carbocycles. The van der Waals surface area contributed by atoms with Gasteiger partial charge >= 0.3 is 0 Å². The molecule has 2 fully saturated rings. The third-order valence-corrected chi connectivity index (χ3v) is 5.26. The molecule has 25 heavy (non-hydrogen) atoms. The zero-order chi connectivity index (χ0) is 17.6. The Morgan fingerprint density at radius 2 is 2.24 bits per heavy atom. The van der Waals surface area contributed by atoms with Crippen LogP contribution in [0.5, 0.6) is 0 Å². The third kappa shape index (κ3) is 5.12. The average Bonchev–Trinajstić information content (AvgIpc) is 3.02. The van der Waals surface area contributed by atoms with Crippen molar-refractivity contribution in [3.05, 3.63) is 28.4 Å². The molecule has 0 aromatic carbocycles. The monoisotopic (exact) mass is 348 g/mol. The van der Waals surface area contributed by atoms with Crippen LogP contribution in [0.4, 0.5) is 0 Å². The van der Waals surface area contributed by atoms with E-state index in [4.69, 9.17) is 4.74 Å². The Labute approximate surface area is 148 Å². The van der Waals surface area contributed by atoms with Gasteiger partial charge in [0.1, 0.15) is 0 Å². The predicted molar refractivity (Wildman–Crippen MR) is 94.3 cm³/mol. The highest BCUT2D eigenvalue weighted by atomic mass is 16.5. The largest absolute Gasteiger partial charge is 0.379 e. The van der Waals surface area contributed by atoms with Crippen LogP contribution in [0.25, 0.3) is 0 Å². The second-order valence-electron chi connectivity index (χ2n) is 7.24. The van der Waals surface area contributed by atoms with E-state index < -0.39 is 0 Å². The molecule has 1 aliphatic heterocycles. The summed E-state index contributed by atoms with van der Waals surface area (Å²) in [6.45, 7) is 2.93. The molecule has 1 atom stereocenters. The molecule has 1 amide bonds. The van der Waals surface area contributed by atoms with Gasteiger partial charge in [0, 0.05) is 36.8 Å². The van der Waals surface area contributed by atoms with Gasteiger partial charge in [0.2, 0.25) is 5.91 Å². The zero-order valence-electron chi connectivity index (χ0n) is 14.9. The minimum Gasteiger partial charge on any atom is -0.379 e. The first-order valence-corrected chi connectivity index (χ1v) is 9.21. The Bertz CT molecular complexity index is 627. The van der Waals surface area contributed by atoms with E-state index in [1.165, 1.54) is 38.1 Å². The summed E-state index contributed by atoms with van der Waals surface area (Å²) in [4.78, 5) is 35.0. The van der Waals surface area contributed by atoms with Crippen molar-refractivity contribution in [3.63, 3.8) is 0 Å². The maximum atomic E-state index is 12.7. The molecule has 1 aromatic rings. The number of H-pyrrole nitrogens is 1. The Morgan fingerprint density at radius 1 is 1.44 bits per heavy atom. The number of aromatic amines is 1. The molecule has 7 heteroatoms. The lowest BCUT2D eigenvalue weighted by atomic mass is 10.0. The molecule has 1 saturated heterocycles. The minimum absolute atomic E-state index is 0.148. The highest BCUT2D eigenvalue weighted by molar-refractivity contribution is 5.78. The molecule has 2 aliphatic rings. The van der Waals surface area contributed by atoms with Crippen LogP contribution in [0.1, 0.15) is 31.4 Å². The molecule has 0 radical (unpaired) electrons. The van der Waals surface area contributed by atoms with Gasteiger partial charge in [-0.25, -0.2) is 4.98 Å². The number of hydrogen-bond donors (Lipinski definition) is 1. The van der Waals surface area contributed by atoms with E-state index >= 15 is 0 Å². The van der Waals surface area contributed by atoms with Gasteiger partial charge in [-0.15, -0.1) is 0 Å².